The minimum Gasteiger partial charge on any atom is -0.504 e. The fraction of sp³-hybridized carbons (Fsp3) is 0.254. The largest absolute Gasteiger partial charge is 0.504 e. The molecule has 0 aromatic heterocycles. The minimum absolute atomic E-state index is 0.0450. The number of phosphoric ester groups is 1. The Labute approximate surface area is 424 Å². The molecule has 0 heterocycles. The van der Waals surface area contributed by atoms with Crippen molar-refractivity contribution in [1.29, 1.82) is 0 Å². The van der Waals surface area contributed by atoms with Gasteiger partial charge < -0.3 is 34.0 Å². The second kappa shape index (κ2) is 30.5. The van der Waals surface area contributed by atoms with Gasteiger partial charge in [-0.05, 0) is 76.8 Å². The molecular weight excluding hydrogens is 928 g/mol. The smallest absolute Gasteiger partial charge is 0.472 e. The van der Waals surface area contributed by atoms with Crippen molar-refractivity contribution in [3.05, 3.63) is 239 Å². The van der Waals surface area contributed by atoms with E-state index in [0.717, 1.165) is 65.5 Å². The van der Waals surface area contributed by atoms with E-state index >= 15 is 0 Å². The van der Waals surface area contributed by atoms with Crippen LogP contribution in [0.2, 0.25) is 0 Å². The van der Waals surface area contributed by atoms with Gasteiger partial charge in [0.05, 0.1) is 13.2 Å². The van der Waals surface area contributed by atoms with Crippen LogP contribution in [-0.2, 0) is 69.0 Å². The number of hydrogen-bond donors (Lipinski definition) is 2. The number of benzene rings is 7. The first-order chi connectivity index (χ1) is 35.2. The SMILES string of the molecule is O=C(OCc1ccccc1)N(CCCCCCN(CCc1ccc(O)c(OCc2ccccc2)c1)C(=O)OCc1ccccc1)CCc1ccccc1.O=P(O)(OCc1ccccc1)OCc1ccccc1. The van der Waals surface area contributed by atoms with Gasteiger partial charge in [-0.2, -0.15) is 0 Å². The van der Waals surface area contributed by atoms with Crippen molar-refractivity contribution < 1.29 is 47.4 Å². The number of phenols is 1. The first-order valence-corrected chi connectivity index (χ1v) is 25.8. The molecule has 2 amide bonds. The molecule has 0 aliphatic carbocycles. The number of rotatable bonds is 26. The molecule has 0 aliphatic heterocycles. The Morgan fingerprint density at radius 3 is 1.15 bits per heavy atom. The predicted octanol–water partition coefficient (Wildman–Crippen LogP) is 13.1. The minimum atomic E-state index is -4.02. The number of carbonyl (C=O) groups is 2. The van der Waals surface area contributed by atoms with E-state index in [1.807, 2.05) is 182 Å². The Morgan fingerprint density at radius 2 is 0.750 bits per heavy atom. The lowest BCUT2D eigenvalue weighted by Crippen LogP contribution is -2.35. The van der Waals surface area contributed by atoms with Crippen LogP contribution >= 0.6 is 7.82 Å². The molecule has 7 aromatic rings. The number of amides is 2. The van der Waals surface area contributed by atoms with Gasteiger partial charge >= 0.3 is 20.0 Å². The topological polar surface area (TPSA) is 144 Å². The molecule has 0 unspecified atom stereocenters. The molecule has 7 rings (SSSR count). The number of carbonyl (C=O) groups excluding carboxylic acids is 2. The molecule has 376 valence electrons. The summed E-state index contributed by atoms with van der Waals surface area (Å²) in [6, 6.07) is 63.0. The molecule has 0 atom stereocenters. The van der Waals surface area contributed by atoms with Crippen LogP contribution in [-0.4, -0.2) is 58.2 Å². The summed E-state index contributed by atoms with van der Waals surface area (Å²) >= 11 is 0. The molecule has 12 nitrogen and oxygen atoms in total. The second-order valence-corrected chi connectivity index (χ2v) is 18.5. The van der Waals surface area contributed by atoms with Gasteiger partial charge in [0.1, 0.15) is 19.8 Å². The third kappa shape index (κ3) is 20.6. The quantitative estimate of drug-likeness (QED) is 0.0397. The first kappa shape index (κ1) is 54.1. The van der Waals surface area contributed by atoms with Crippen LogP contribution in [0.1, 0.15) is 64.6 Å². The fourth-order valence-electron chi connectivity index (χ4n) is 7.40. The summed E-state index contributed by atoms with van der Waals surface area (Å²) < 4.78 is 38.9. The average molecular weight is 993 g/mol. The van der Waals surface area contributed by atoms with Gasteiger partial charge in [0.15, 0.2) is 11.5 Å². The summed E-state index contributed by atoms with van der Waals surface area (Å²) in [4.78, 5) is 39.6. The molecule has 7 aromatic carbocycles. The Morgan fingerprint density at radius 1 is 0.403 bits per heavy atom. The number of unbranched alkanes of at least 4 members (excludes halogenated alkanes) is 3. The number of phosphoric acid groups is 1. The molecule has 0 saturated carbocycles. The molecule has 0 radical (unpaired) electrons. The highest BCUT2D eigenvalue weighted by Gasteiger charge is 2.21. The fourth-order valence-corrected chi connectivity index (χ4v) is 8.10. The van der Waals surface area contributed by atoms with Gasteiger partial charge in [-0.1, -0.05) is 201 Å². The lowest BCUT2D eigenvalue weighted by Gasteiger charge is -2.23. The van der Waals surface area contributed by atoms with E-state index < -0.39 is 7.82 Å². The predicted molar refractivity (Wildman–Crippen MR) is 280 cm³/mol. The van der Waals surface area contributed by atoms with Crippen LogP contribution < -0.4 is 4.74 Å². The summed E-state index contributed by atoms with van der Waals surface area (Å²) in [6.45, 7) is 3.04. The number of nitrogens with zero attached hydrogens (tertiary/aromatic N) is 2. The molecule has 0 fully saturated rings. The highest BCUT2D eigenvalue weighted by molar-refractivity contribution is 7.47. The van der Waals surface area contributed by atoms with Gasteiger partial charge in [0.2, 0.25) is 0 Å². The van der Waals surface area contributed by atoms with Gasteiger partial charge in [-0.15, -0.1) is 0 Å². The zero-order valence-corrected chi connectivity index (χ0v) is 41.6. The van der Waals surface area contributed by atoms with Gasteiger partial charge in [0, 0.05) is 26.2 Å². The normalized spacial score (nSPS) is 10.9. The van der Waals surface area contributed by atoms with E-state index in [1.165, 1.54) is 5.56 Å². The monoisotopic (exact) mass is 992 g/mol. The molecular formula is C59H65N2O10P. The van der Waals surface area contributed by atoms with E-state index in [1.54, 1.807) is 15.9 Å². The number of phenolic OH excluding ortho intramolecular Hbond substituents is 1. The van der Waals surface area contributed by atoms with Crippen molar-refractivity contribution >= 4 is 20.0 Å². The molecule has 0 aliphatic rings. The average Bonchev–Trinajstić information content (AvgIpc) is 3.43. The molecule has 0 spiro atoms. The van der Waals surface area contributed by atoms with Crippen LogP contribution in [0.4, 0.5) is 9.59 Å². The maximum absolute atomic E-state index is 13.3. The Balaban J connectivity index is 0.000000372. The van der Waals surface area contributed by atoms with Crippen LogP contribution in [0.3, 0.4) is 0 Å². The van der Waals surface area contributed by atoms with Crippen molar-refractivity contribution in [2.24, 2.45) is 0 Å². The lowest BCUT2D eigenvalue weighted by molar-refractivity contribution is 0.0937. The number of ether oxygens (including phenoxy) is 3. The van der Waals surface area contributed by atoms with Crippen LogP contribution in [0.25, 0.3) is 0 Å². The molecule has 2 N–H and O–H groups in total. The van der Waals surface area contributed by atoms with Crippen molar-refractivity contribution in [3.8, 4) is 11.5 Å². The Hall–Kier alpha value is -7.21. The third-order valence-electron chi connectivity index (χ3n) is 11.5. The molecule has 0 saturated heterocycles. The van der Waals surface area contributed by atoms with E-state index in [9.17, 15) is 24.2 Å². The maximum Gasteiger partial charge on any atom is 0.472 e. The van der Waals surface area contributed by atoms with Gasteiger partial charge in [-0.25, -0.2) is 14.2 Å². The molecule has 72 heavy (non-hydrogen) atoms. The standard InChI is InChI=1S/C45H50N2O6.C14H15O4P/c48-42-26-25-38(33-43(42)51-34-39-19-9-4-10-20-39)28-32-47(45(50)53-36-41-23-13-6-14-24-41)30-16-2-1-15-29-46(31-27-37-17-7-3-8-18-37)44(49)52-35-40-21-11-5-12-22-40;15-19(16,17-11-13-7-3-1-4-8-13)18-12-14-9-5-2-6-10-14/h3-14,17-26,33,48H,1-2,15-16,27-32,34-36H2;1-10H,11-12H2,(H,15,16). The van der Waals surface area contributed by atoms with E-state index in [0.29, 0.717) is 45.0 Å². The Kier molecular flexibility index (Phi) is 22.9. The van der Waals surface area contributed by atoms with Crippen molar-refractivity contribution in [2.75, 3.05) is 26.2 Å². The Bertz CT molecular complexity index is 2600. The second-order valence-electron chi connectivity index (χ2n) is 17.0. The third-order valence-corrected chi connectivity index (χ3v) is 12.4. The maximum atomic E-state index is 13.3. The molecule has 13 heteroatoms. The lowest BCUT2D eigenvalue weighted by atomic mass is 10.1. The van der Waals surface area contributed by atoms with Crippen LogP contribution in [0.15, 0.2) is 200 Å². The van der Waals surface area contributed by atoms with E-state index in [4.69, 9.17) is 23.3 Å². The van der Waals surface area contributed by atoms with Gasteiger partial charge in [0.25, 0.3) is 0 Å². The van der Waals surface area contributed by atoms with Gasteiger partial charge in [-0.3, -0.25) is 9.05 Å². The summed E-state index contributed by atoms with van der Waals surface area (Å²) in [6.07, 6.45) is 4.08. The van der Waals surface area contributed by atoms with Crippen LogP contribution in [0, 0.1) is 0 Å². The van der Waals surface area contributed by atoms with Crippen molar-refractivity contribution in [3.63, 3.8) is 0 Å². The molecule has 0 bridgehead atoms. The van der Waals surface area contributed by atoms with E-state index in [-0.39, 0.29) is 44.4 Å². The summed E-state index contributed by atoms with van der Waals surface area (Å²) in [5.41, 5.74) is 6.65. The zero-order valence-electron chi connectivity index (χ0n) is 40.7. The van der Waals surface area contributed by atoms with Crippen LogP contribution in [0.5, 0.6) is 11.5 Å². The first-order valence-electron chi connectivity index (χ1n) is 24.3. The number of hydrogen-bond acceptors (Lipinski definition) is 9. The summed E-state index contributed by atoms with van der Waals surface area (Å²) in [5, 5.41) is 10.4. The van der Waals surface area contributed by atoms with Crippen molar-refractivity contribution in [2.45, 2.75) is 71.6 Å². The highest BCUT2D eigenvalue weighted by atomic mass is 31.2. The zero-order chi connectivity index (χ0) is 50.5. The summed E-state index contributed by atoms with van der Waals surface area (Å²) in [7, 11) is -4.02. The highest BCUT2D eigenvalue weighted by Crippen LogP contribution is 2.45. The number of aromatic hydroxyl groups is 1. The summed E-state index contributed by atoms with van der Waals surface area (Å²) in [5.74, 6) is 0.484. The van der Waals surface area contributed by atoms with Crippen molar-refractivity contribution in [1.82, 2.24) is 9.80 Å². The van der Waals surface area contributed by atoms with E-state index in [2.05, 4.69) is 12.1 Å².